The summed E-state index contributed by atoms with van der Waals surface area (Å²) < 4.78 is 85.2. The molecule has 0 saturated carbocycles. The van der Waals surface area contributed by atoms with Gasteiger partial charge in [0.05, 0.1) is 23.4 Å². The van der Waals surface area contributed by atoms with Crippen molar-refractivity contribution in [2.24, 2.45) is 0 Å². The molecule has 3 aromatic rings. The first kappa shape index (κ1) is 26.1. The van der Waals surface area contributed by atoms with Crippen molar-refractivity contribution in [2.75, 3.05) is 17.2 Å². The molecule has 2 amide bonds. The van der Waals surface area contributed by atoms with Crippen LogP contribution in [0.3, 0.4) is 0 Å². The molecule has 2 N–H and O–H groups in total. The van der Waals surface area contributed by atoms with Gasteiger partial charge in [0.2, 0.25) is 0 Å². The van der Waals surface area contributed by atoms with Gasteiger partial charge >= 0.3 is 24.4 Å². The molecule has 1 aromatic heterocycles. The van der Waals surface area contributed by atoms with E-state index in [9.17, 15) is 35.9 Å². The van der Waals surface area contributed by atoms with Gasteiger partial charge < -0.3 is 10.1 Å². The number of anilines is 2. The van der Waals surface area contributed by atoms with Gasteiger partial charge in [-0.2, -0.15) is 31.4 Å². The molecule has 7 nitrogen and oxygen atoms in total. The number of hydrogen-bond acceptors (Lipinski definition) is 4. The molecule has 0 aliphatic heterocycles. The highest BCUT2D eigenvalue weighted by Crippen LogP contribution is 2.37. The lowest BCUT2D eigenvalue weighted by Crippen LogP contribution is -2.22. The van der Waals surface area contributed by atoms with E-state index in [0.717, 1.165) is 15.2 Å². The van der Waals surface area contributed by atoms with Crippen LogP contribution in [0.1, 0.15) is 28.5 Å². The van der Waals surface area contributed by atoms with Crippen LogP contribution in [-0.2, 0) is 17.1 Å². The Hall–Kier alpha value is -3.55. The second-order valence-electron chi connectivity index (χ2n) is 6.90. The van der Waals surface area contributed by atoms with E-state index >= 15 is 0 Å². The highest BCUT2D eigenvalue weighted by Gasteiger charge is 2.37. The highest BCUT2D eigenvalue weighted by atomic mass is 79.9. The average molecular weight is 565 g/mol. The minimum atomic E-state index is -5.08. The predicted molar refractivity (Wildman–Crippen MR) is 116 cm³/mol. The van der Waals surface area contributed by atoms with Crippen LogP contribution in [0.25, 0.3) is 5.69 Å². The van der Waals surface area contributed by atoms with Gasteiger partial charge in [-0.25, -0.2) is 14.3 Å². The van der Waals surface area contributed by atoms with Gasteiger partial charge in [0.1, 0.15) is 5.82 Å². The van der Waals surface area contributed by atoms with Crippen molar-refractivity contribution in [3.05, 3.63) is 69.8 Å². The molecule has 0 aliphatic carbocycles. The monoisotopic (exact) mass is 564 g/mol. The van der Waals surface area contributed by atoms with Gasteiger partial charge in [-0.3, -0.25) is 5.32 Å². The van der Waals surface area contributed by atoms with E-state index in [1.54, 1.807) is 31.2 Å². The molecule has 1 heterocycles. The molecule has 2 aromatic carbocycles. The standard InChI is InChI=1S/C21H15BrF6N4O3/c1-2-35-18(33)16-10-17(32(31-16)15-5-3-13(22)4-6-15)30-19(34)29-14-8-11(20(23,24)25)7-12(9-14)21(26,27)28/h3-10H,2H2,1H3,(H2,29,30,34). The number of urea groups is 1. The quantitative estimate of drug-likeness (QED) is 0.274. The maximum absolute atomic E-state index is 13.1. The number of amides is 2. The molecule has 0 unspecified atom stereocenters. The third-order valence-corrected chi connectivity index (χ3v) is 4.88. The average Bonchev–Trinajstić information content (AvgIpc) is 3.16. The van der Waals surface area contributed by atoms with E-state index in [-0.39, 0.29) is 24.2 Å². The number of nitrogens with zero attached hydrogens (tertiary/aromatic N) is 2. The van der Waals surface area contributed by atoms with E-state index in [1.165, 1.54) is 0 Å². The van der Waals surface area contributed by atoms with Crippen molar-refractivity contribution in [3.8, 4) is 5.69 Å². The lowest BCUT2D eigenvalue weighted by molar-refractivity contribution is -0.143. The van der Waals surface area contributed by atoms with Crippen LogP contribution in [0.15, 0.2) is 53.0 Å². The summed E-state index contributed by atoms with van der Waals surface area (Å²) in [4.78, 5) is 24.6. The maximum atomic E-state index is 13.1. The zero-order valence-corrected chi connectivity index (χ0v) is 19.2. The molecular weight excluding hydrogens is 550 g/mol. The number of hydrogen-bond donors (Lipinski definition) is 2. The number of esters is 1. The Morgan fingerprint density at radius 3 is 2.03 bits per heavy atom. The van der Waals surface area contributed by atoms with Crippen molar-refractivity contribution in [1.82, 2.24) is 9.78 Å². The van der Waals surface area contributed by atoms with Crippen molar-refractivity contribution in [1.29, 1.82) is 0 Å². The smallest absolute Gasteiger partial charge is 0.416 e. The normalized spacial score (nSPS) is 11.8. The zero-order chi connectivity index (χ0) is 26.0. The third kappa shape index (κ3) is 6.53. The summed E-state index contributed by atoms with van der Waals surface area (Å²) in [6, 6.07) is 7.10. The number of benzene rings is 2. The number of aromatic nitrogens is 2. The van der Waals surface area contributed by atoms with E-state index < -0.39 is 41.2 Å². The predicted octanol–water partition coefficient (Wildman–Crippen LogP) is 6.49. The van der Waals surface area contributed by atoms with E-state index in [1.807, 2.05) is 5.32 Å². The first-order valence-electron chi connectivity index (χ1n) is 9.68. The minimum Gasteiger partial charge on any atom is -0.461 e. The van der Waals surface area contributed by atoms with Crippen LogP contribution < -0.4 is 10.6 Å². The first-order chi connectivity index (χ1) is 16.3. The number of nitrogens with one attached hydrogen (secondary N) is 2. The Bertz CT molecular complexity index is 1210. The van der Waals surface area contributed by atoms with Crippen molar-refractivity contribution in [3.63, 3.8) is 0 Å². The number of alkyl halides is 6. The maximum Gasteiger partial charge on any atom is 0.416 e. The summed E-state index contributed by atoms with van der Waals surface area (Å²) in [5, 5.41) is 8.29. The van der Waals surface area contributed by atoms with Gasteiger partial charge in [0.25, 0.3) is 0 Å². The van der Waals surface area contributed by atoms with Crippen LogP contribution in [0.5, 0.6) is 0 Å². The SMILES string of the molecule is CCOC(=O)c1cc(NC(=O)Nc2cc(C(F)(F)F)cc(C(F)(F)F)c2)n(-c2ccc(Br)cc2)n1. The fraction of sp³-hybridized carbons (Fsp3) is 0.190. The van der Waals surface area contributed by atoms with Gasteiger partial charge in [-0.15, -0.1) is 0 Å². The second-order valence-corrected chi connectivity index (χ2v) is 7.81. The number of carbonyl (C=O) groups is 2. The Labute approximate surface area is 202 Å². The first-order valence-corrected chi connectivity index (χ1v) is 10.5. The number of halogens is 7. The highest BCUT2D eigenvalue weighted by molar-refractivity contribution is 9.10. The van der Waals surface area contributed by atoms with Crippen molar-refractivity contribution >= 4 is 39.4 Å². The molecule has 14 heteroatoms. The molecule has 186 valence electrons. The van der Waals surface area contributed by atoms with E-state index in [2.05, 4.69) is 26.3 Å². The Morgan fingerprint density at radius 2 is 1.51 bits per heavy atom. The molecule has 3 rings (SSSR count). The molecule has 0 aliphatic rings. The van der Waals surface area contributed by atoms with Gasteiger partial charge in [-0.05, 0) is 49.4 Å². The van der Waals surface area contributed by atoms with Crippen LogP contribution >= 0.6 is 15.9 Å². The lowest BCUT2D eigenvalue weighted by Gasteiger charge is -2.15. The zero-order valence-electron chi connectivity index (χ0n) is 17.6. The van der Waals surface area contributed by atoms with Crippen molar-refractivity contribution in [2.45, 2.75) is 19.3 Å². The molecule has 0 saturated heterocycles. The summed E-state index contributed by atoms with van der Waals surface area (Å²) in [6.07, 6.45) is -10.2. The summed E-state index contributed by atoms with van der Waals surface area (Å²) in [7, 11) is 0. The number of ether oxygens (including phenoxy) is 1. The Morgan fingerprint density at radius 1 is 0.943 bits per heavy atom. The number of carbonyl (C=O) groups excluding carboxylic acids is 2. The molecule has 0 bridgehead atoms. The van der Waals surface area contributed by atoms with Gasteiger partial charge in [0, 0.05) is 16.2 Å². The van der Waals surface area contributed by atoms with Gasteiger partial charge in [0.15, 0.2) is 5.69 Å². The summed E-state index contributed by atoms with van der Waals surface area (Å²) in [6.45, 7) is 1.62. The molecule has 0 atom stereocenters. The van der Waals surface area contributed by atoms with Crippen LogP contribution in [0, 0.1) is 0 Å². The molecule has 0 radical (unpaired) electrons. The lowest BCUT2D eigenvalue weighted by atomic mass is 10.1. The molecule has 35 heavy (non-hydrogen) atoms. The summed E-state index contributed by atoms with van der Waals surface area (Å²) in [5.41, 5.74) is -3.73. The molecule has 0 fully saturated rings. The molecular formula is C21H15BrF6N4O3. The van der Waals surface area contributed by atoms with Crippen LogP contribution in [-0.4, -0.2) is 28.4 Å². The fourth-order valence-corrected chi connectivity index (χ4v) is 3.12. The second kappa shape index (κ2) is 9.98. The largest absolute Gasteiger partial charge is 0.461 e. The fourth-order valence-electron chi connectivity index (χ4n) is 2.86. The molecule has 0 spiro atoms. The Balaban J connectivity index is 1.93. The number of rotatable bonds is 5. The summed E-state index contributed by atoms with van der Waals surface area (Å²) >= 11 is 3.26. The van der Waals surface area contributed by atoms with E-state index in [4.69, 9.17) is 4.74 Å². The minimum absolute atomic E-state index is 0.0459. The van der Waals surface area contributed by atoms with Crippen LogP contribution in [0.2, 0.25) is 0 Å². The summed E-state index contributed by atoms with van der Waals surface area (Å²) in [5.74, 6) is -0.907. The Kier molecular flexibility index (Phi) is 7.43. The topological polar surface area (TPSA) is 85.2 Å². The van der Waals surface area contributed by atoms with Crippen LogP contribution in [0.4, 0.5) is 42.6 Å². The van der Waals surface area contributed by atoms with Crippen molar-refractivity contribution < 1.29 is 40.7 Å². The van der Waals surface area contributed by atoms with E-state index in [0.29, 0.717) is 17.8 Å². The van der Waals surface area contributed by atoms with Gasteiger partial charge in [-0.1, -0.05) is 15.9 Å². The third-order valence-electron chi connectivity index (χ3n) is 4.35.